The topological polar surface area (TPSA) is 68.2 Å². The number of amides is 1. The maximum absolute atomic E-state index is 13.0. The van der Waals surface area contributed by atoms with Crippen LogP contribution in [-0.4, -0.2) is 49.0 Å². The number of hydrogen-bond donors (Lipinski definition) is 2. The van der Waals surface area contributed by atoms with Crippen LogP contribution < -0.4 is 10.6 Å². The lowest BCUT2D eigenvalue weighted by Crippen LogP contribution is -2.33. The van der Waals surface area contributed by atoms with E-state index in [1.54, 1.807) is 23.9 Å². The highest BCUT2D eigenvalue weighted by Gasteiger charge is 2.14. The van der Waals surface area contributed by atoms with Gasteiger partial charge in [-0.1, -0.05) is 0 Å². The number of aromatic nitrogens is 2. The molecule has 0 fully saturated rings. The van der Waals surface area contributed by atoms with Crippen molar-refractivity contribution in [3.8, 4) is 5.69 Å². The zero-order valence-electron chi connectivity index (χ0n) is 13.3. The molecule has 2 rings (SSSR count). The van der Waals surface area contributed by atoms with Crippen molar-refractivity contribution < 1.29 is 13.9 Å². The zero-order valence-corrected chi connectivity index (χ0v) is 13.3. The predicted molar refractivity (Wildman–Crippen MR) is 85.3 cm³/mol. The summed E-state index contributed by atoms with van der Waals surface area (Å²) in [7, 11) is 1.64. The van der Waals surface area contributed by atoms with Crippen molar-refractivity contribution >= 4 is 5.91 Å². The van der Waals surface area contributed by atoms with Gasteiger partial charge in [-0.25, -0.2) is 9.07 Å². The molecule has 2 N–H and O–H groups in total. The summed E-state index contributed by atoms with van der Waals surface area (Å²) in [5.74, 6) is -0.484. The van der Waals surface area contributed by atoms with Crippen molar-refractivity contribution in [2.75, 3.05) is 33.4 Å². The van der Waals surface area contributed by atoms with Crippen molar-refractivity contribution in [2.45, 2.75) is 6.92 Å². The first kappa shape index (κ1) is 17.1. The minimum absolute atomic E-state index is 0.176. The minimum atomic E-state index is -0.308. The van der Waals surface area contributed by atoms with Crippen LogP contribution in [0.3, 0.4) is 0 Å². The number of carbonyl (C=O) groups is 1. The van der Waals surface area contributed by atoms with Crippen LogP contribution in [0.4, 0.5) is 4.39 Å². The Labute approximate surface area is 134 Å². The molecule has 0 unspecified atom stereocenters. The van der Waals surface area contributed by atoms with E-state index in [2.05, 4.69) is 15.7 Å². The Kier molecular flexibility index (Phi) is 6.25. The van der Waals surface area contributed by atoms with Crippen LogP contribution in [0.2, 0.25) is 0 Å². The quantitative estimate of drug-likeness (QED) is 0.719. The molecule has 0 bridgehead atoms. The van der Waals surface area contributed by atoms with Gasteiger partial charge in [-0.3, -0.25) is 4.79 Å². The standard InChI is InChI=1S/C16H21FN4O2/c1-12-15(16(22)19-8-7-18-9-10-23-2)11-20-21(12)14-5-3-13(17)4-6-14/h3-6,11,18H,7-10H2,1-2H3,(H,19,22). The van der Waals surface area contributed by atoms with Crippen molar-refractivity contribution in [1.82, 2.24) is 20.4 Å². The molecule has 23 heavy (non-hydrogen) atoms. The van der Waals surface area contributed by atoms with Crippen molar-refractivity contribution in [3.05, 3.63) is 47.5 Å². The Morgan fingerprint density at radius 3 is 2.70 bits per heavy atom. The molecule has 1 aromatic heterocycles. The van der Waals surface area contributed by atoms with Crippen LogP contribution in [-0.2, 0) is 4.74 Å². The number of ether oxygens (including phenoxy) is 1. The molecule has 6 nitrogen and oxygen atoms in total. The third-order valence-corrected chi connectivity index (χ3v) is 3.40. The average Bonchev–Trinajstić information content (AvgIpc) is 2.93. The second-order valence-electron chi connectivity index (χ2n) is 5.03. The van der Waals surface area contributed by atoms with E-state index in [9.17, 15) is 9.18 Å². The molecule has 1 aromatic carbocycles. The summed E-state index contributed by atoms with van der Waals surface area (Å²) in [4.78, 5) is 12.2. The van der Waals surface area contributed by atoms with Gasteiger partial charge in [-0.15, -0.1) is 0 Å². The molecule has 1 heterocycles. The van der Waals surface area contributed by atoms with Gasteiger partial charge in [0.25, 0.3) is 5.91 Å². The third-order valence-electron chi connectivity index (χ3n) is 3.40. The monoisotopic (exact) mass is 320 g/mol. The fraction of sp³-hybridized carbons (Fsp3) is 0.375. The Bertz CT molecular complexity index is 640. The van der Waals surface area contributed by atoms with Crippen LogP contribution in [0.25, 0.3) is 5.69 Å². The number of rotatable bonds is 8. The first-order valence-electron chi connectivity index (χ1n) is 7.42. The largest absolute Gasteiger partial charge is 0.383 e. The Hall–Kier alpha value is -2.25. The van der Waals surface area contributed by atoms with Gasteiger partial charge in [0.2, 0.25) is 0 Å². The van der Waals surface area contributed by atoms with E-state index in [0.717, 1.165) is 6.54 Å². The second-order valence-corrected chi connectivity index (χ2v) is 5.03. The Balaban J connectivity index is 1.93. The summed E-state index contributed by atoms with van der Waals surface area (Å²) in [6.45, 7) is 4.37. The van der Waals surface area contributed by atoms with E-state index < -0.39 is 0 Å². The zero-order chi connectivity index (χ0) is 16.7. The summed E-state index contributed by atoms with van der Waals surface area (Å²) < 4.78 is 19.5. The molecule has 7 heteroatoms. The second kappa shape index (κ2) is 8.40. The molecular weight excluding hydrogens is 299 g/mol. The normalized spacial score (nSPS) is 10.7. The van der Waals surface area contributed by atoms with Gasteiger partial charge in [-0.2, -0.15) is 5.10 Å². The molecule has 0 atom stereocenters. The Morgan fingerprint density at radius 2 is 2.00 bits per heavy atom. The first-order valence-corrected chi connectivity index (χ1v) is 7.42. The third kappa shape index (κ3) is 4.61. The molecule has 0 aliphatic rings. The molecule has 0 spiro atoms. The van der Waals surface area contributed by atoms with E-state index in [1.807, 2.05) is 6.92 Å². The molecule has 0 saturated heterocycles. The summed E-state index contributed by atoms with van der Waals surface area (Å²) in [5, 5.41) is 10.2. The molecule has 124 valence electrons. The highest BCUT2D eigenvalue weighted by molar-refractivity contribution is 5.95. The molecule has 0 radical (unpaired) electrons. The van der Waals surface area contributed by atoms with E-state index in [-0.39, 0.29) is 11.7 Å². The fourth-order valence-electron chi connectivity index (χ4n) is 2.13. The van der Waals surface area contributed by atoms with Gasteiger partial charge in [0.15, 0.2) is 0 Å². The number of methoxy groups -OCH3 is 1. The number of hydrogen-bond acceptors (Lipinski definition) is 4. The molecule has 0 saturated carbocycles. The van der Waals surface area contributed by atoms with Gasteiger partial charge in [0.1, 0.15) is 5.82 Å². The smallest absolute Gasteiger partial charge is 0.254 e. The summed E-state index contributed by atoms with van der Waals surface area (Å²) in [6, 6.07) is 5.97. The summed E-state index contributed by atoms with van der Waals surface area (Å²) >= 11 is 0. The van der Waals surface area contributed by atoms with E-state index in [4.69, 9.17) is 4.74 Å². The average molecular weight is 320 g/mol. The van der Waals surface area contributed by atoms with Gasteiger partial charge in [0, 0.05) is 26.7 Å². The molecular formula is C16H21FN4O2. The SMILES string of the molecule is COCCNCCNC(=O)c1cnn(-c2ccc(F)cc2)c1C. The van der Waals surface area contributed by atoms with Crippen LogP contribution >= 0.6 is 0 Å². The molecule has 1 amide bonds. The molecule has 2 aromatic rings. The van der Waals surface area contributed by atoms with Crippen LogP contribution in [0, 0.1) is 12.7 Å². The van der Waals surface area contributed by atoms with Crippen molar-refractivity contribution in [3.63, 3.8) is 0 Å². The molecule has 0 aliphatic carbocycles. The van der Waals surface area contributed by atoms with Crippen molar-refractivity contribution in [1.29, 1.82) is 0 Å². The maximum Gasteiger partial charge on any atom is 0.254 e. The molecule has 0 aliphatic heterocycles. The van der Waals surface area contributed by atoms with Crippen LogP contribution in [0.5, 0.6) is 0 Å². The highest BCUT2D eigenvalue weighted by Crippen LogP contribution is 2.14. The number of benzene rings is 1. The van der Waals surface area contributed by atoms with Crippen LogP contribution in [0.15, 0.2) is 30.5 Å². The number of halogens is 1. The van der Waals surface area contributed by atoms with E-state index >= 15 is 0 Å². The minimum Gasteiger partial charge on any atom is -0.383 e. The van der Waals surface area contributed by atoms with E-state index in [1.165, 1.54) is 18.3 Å². The maximum atomic E-state index is 13.0. The van der Waals surface area contributed by atoms with Crippen LogP contribution in [0.1, 0.15) is 16.1 Å². The number of nitrogens with one attached hydrogen (secondary N) is 2. The number of nitrogens with zero attached hydrogens (tertiary/aromatic N) is 2. The lowest BCUT2D eigenvalue weighted by atomic mass is 10.2. The first-order chi connectivity index (χ1) is 11.1. The number of carbonyl (C=O) groups excluding carboxylic acids is 1. The Morgan fingerprint density at radius 1 is 1.26 bits per heavy atom. The van der Waals surface area contributed by atoms with Gasteiger partial charge < -0.3 is 15.4 Å². The van der Waals surface area contributed by atoms with Crippen molar-refractivity contribution in [2.24, 2.45) is 0 Å². The lowest BCUT2D eigenvalue weighted by Gasteiger charge is -2.07. The highest BCUT2D eigenvalue weighted by atomic mass is 19.1. The van der Waals surface area contributed by atoms with Gasteiger partial charge >= 0.3 is 0 Å². The fourth-order valence-corrected chi connectivity index (χ4v) is 2.13. The van der Waals surface area contributed by atoms with E-state index in [0.29, 0.717) is 36.6 Å². The van der Waals surface area contributed by atoms with Gasteiger partial charge in [-0.05, 0) is 31.2 Å². The lowest BCUT2D eigenvalue weighted by molar-refractivity contribution is 0.0953. The summed E-state index contributed by atoms with van der Waals surface area (Å²) in [6.07, 6.45) is 1.52. The van der Waals surface area contributed by atoms with Gasteiger partial charge in [0.05, 0.1) is 29.7 Å². The summed E-state index contributed by atoms with van der Waals surface area (Å²) in [5.41, 5.74) is 1.93. The predicted octanol–water partition coefficient (Wildman–Crippen LogP) is 1.29.